The molecule has 0 unspecified atom stereocenters. The van der Waals surface area contributed by atoms with E-state index >= 15 is 0 Å². The number of nitro benzene ring substituents is 1. The van der Waals surface area contributed by atoms with Crippen LogP contribution in [0.5, 0.6) is 0 Å². The van der Waals surface area contributed by atoms with Gasteiger partial charge in [-0.3, -0.25) is 10.1 Å². The Morgan fingerprint density at radius 3 is 2.24 bits per heavy atom. The molecule has 1 aromatic carbocycles. The minimum atomic E-state index is -5.04. The number of rotatable bonds is 4. The van der Waals surface area contributed by atoms with Crippen LogP contribution >= 0.6 is 12.4 Å². The second kappa shape index (κ2) is 7.85. The fraction of sp³-hybridized carbons (Fsp3) is 0.538. The zero-order valence-electron chi connectivity index (χ0n) is 12.8. The largest absolute Gasteiger partial charge is 0.417 e. The fourth-order valence-corrected chi connectivity index (χ4v) is 4.12. The first-order chi connectivity index (χ1) is 11.0. The van der Waals surface area contributed by atoms with E-state index in [-0.39, 0.29) is 24.5 Å². The van der Waals surface area contributed by atoms with Crippen LogP contribution in [0.25, 0.3) is 0 Å². The monoisotopic (exact) mass is 403 g/mol. The van der Waals surface area contributed by atoms with E-state index in [9.17, 15) is 31.7 Å². The number of nitro groups is 1. The lowest BCUT2D eigenvalue weighted by Gasteiger charge is -2.27. The first kappa shape index (κ1) is 21.6. The van der Waals surface area contributed by atoms with E-state index in [0.717, 1.165) is 6.07 Å². The predicted molar refractivity (Wildman–Crippen MR) is 85.9 cm³/mol. The molecule has 1 saturated carbocycles. The first-order valence-electron chi connectivity index (χ1n) is 7.14. The van der Waals surface area contributed by atoms with E-state index in [1.54, 1.807) is 0 Å². The van der Waals surface area contributed by atoms with Crippen LogP contribution in [0.1, 0.15) is 31.2 Å². The molecule has 1 aliphatic rings. The van der Waals surface area contributed by atoms with Crippen molar-refractivity contribution in [2.75, 3.05) is 0 Å². The molecule has 0 bridgehead atoms. The third kappa shape index (κ3) is 5.27. The molecule has 25 heavy (non-hydrogen) atoms. The molecule has 0 heterocycles. The summed E-state index contributed by atoms with van der Waals surface area (Å²) in [6.45, 7) is 0. The van der Waals surface area contributed by atoms with Crippen molar-refractivity contribution < 1.29 is 26.5 Å². The van der Waals surface area contributed by atoms with E-state index in [0.29, 0.717) is 31.7 Å². The Morgan fingerprint density at radius 1 is 1.20 bits per heavy atom. The zero-order valence-corrected chi connectivity index (χ0v) is 14.5. The van der Waals surface area contributed by atoms with Gasteiger partial charge in [0, 0.05) is 24.2 Å². The van der Waals surface area contributed by atoms with Gasteiger partial charge in [-0.15, -0.1) is 12.4 Å². The third-order valence-corrected chi connectivity index (χ3v) is 5.44. The predicted octanol–water partition coefficient (Wildman–Crippen LogP) is 2.58. The van der Waals surface area contributed by atoms with Gasteiger partial charge in [-0.2, -0.15) is 13.2 Å². The number of nitrogens with zero attached hydrogens (tertiary/aromatic N) is 1. The van der Waals surface area contributed by atoms with Gasteiger partial charge in [-0.1, -0.05) is 0 Å². The zero-order chi connectivity index (χ0) is 18.1. The maximum atomic E-state index is 13.1. The molecule has 0 aliphatic heterocycles. The number of non-ortho nitro benzene ring substituents is 1. The van der Waals surface area contributed by atoms with Crippen LogP contribution in [0.3, 0.4) is 0 Å². The molecule has 2 rings (SSSR count). The Labute approximate surface area is 148 Å². The summed E-state index contributed by atoms with van der Waals surface area (Å²) in [5.41, 5.74) is 3.32. The highest BCUT2D eigenvalue weighted by Gasteiger charge is 2.39. The lowest BCUT2D eigenvalue weighted by atomic mass is 9.93. The van der Waals surface area contributed by atoms with Crippen molar-refractivity contribution in [2.45, 2.75) is 48.8 Å². The molecular formula is C13H17ClF3N3O4S. The minimum Gasteiger partial charge on any atom is -0.328 e. The minimum absolute atomic E-state index is 0. The molecule has 12 heteroatoms. The molecule has 0 spiro atoms. The summed E-state index contributed by atoms with van der Waals surface area (Å²) < 4.78 is 66.2. The maximum absolute atomic E-state index is 13.1. The second-order valence-electron chi connectivity index (χ2n) is 5.67. The van der Waals surface area contributed by atoms with Crippen molar-refractivity contribution in [1.29, 1.82) is 0 Å². The van der Waals surface area contributed by atoms with Gasteiger partial charge in [0.05, 0.1) is 15.4 Å². The Kier molecular flexibility index (Phi) is 6.79. The van der Waals surface area contributed by atoms with Crippen molar-refractivity contribution in [1.82, 2.24) is 4.72 Å². The molecular weight excluding hydrogens is 387 g/mol. The molecule has 0 radical (unpaired) electrons. The van der Waals surface area contributed by atoms with E-state index in [4.69, 9.17) is 5.73 Å². The lowest BCUT2D eigenvalue weighted by molar-refractivity contribution is -0.385. The summed E-state index contributed by atoms with van der Waals surface area (Å²) in [4.78, 5) is 8.62. The molecule has 1 fully saturated rings. The summed E-state index contributed by atoms with van der Waals surface area (Å²) in [6.07, 6.45) is -3.05. The van der Waals surface area contributed by atoms with Crippen LogP contribution in [-0.4, -0.2) is 25.4 Å². The number of hydrogen-bond donors (Lipinski definition) is 2. The Bertz CT molecular complexity index is 735. The van der Waals surface area contributed by atoms with Crippen molar-refractivity contribution in [2.24, 2.45) is 5.73 Å². The van der Waals surface area contributed by atoms with Crippen molar-refractivity contribution in [3.63, 3.8) is 0 Å². The smallest absolute Gasteiger partial charge is 0.328 e. The van der Waals surface area contributed by atoms with Gasteiger partial charge in [-0.25, -0.2) is 13.1 Å². The van der Waals surface area contributed by atoms with Gasteiger partial charge in [0.15, 0.2) is 0 Å². The summed E-state index contributed by atoms with van der Waals surface area (Å²) in [7, 11) is -4.47. The third-order valence-electron chi connectivity index (χ3n) is 3.86. The standard InChI is InChI=1S/C13H16F3N3O4S.ClH/c14-13(15,16)11-7-10(19(20)21)5-6-12(11)24(22,23)18-9-3-1-8(17)2-4-9;/h5-9,18H,1-4,17H2;1H. The summed E-state index contributed by atoms with van der Waals surface area (Å²) >= 11 is 0. The summed E-state index contributed by atoms with van der Waals surface area (Å²) in [5.74, 6) is 0. The van der Waals surface area contributed by atoms with Crippen LogP contribution in [0, 0.1) is 10.1 Å². The molecule has 142 valence electrons. The number of nitrogens with one attached hydrogen (secondary N) is 1. The van der Waals surface area contributed by atoms with Gasteiger partial charge in [-0.05, 0) is 31.7 Å². The van der Waals surface area contributed by atoms with Crippen molar-refractivity contribution in [3.05, 3.63) is 33.9 Å². The molecule has 1 aromatic rings. The lowest BCUT2D eigenvalue weighted by Crippen LogP contribution is -2.40. The topological polar surface area (TPSA) is 115 Å². The number of nitrogens with two attached hydrogens (primary N) is 1. The average molecular weight is 404 g/mol. The van der Waals surface area contributed by atoms with Crippen LogP contribution in [0.4, 0.5) is 18.9 Å². The normalized spacial score (nSPS) is 21.4. The fourth-order valence-electron chi connectivity index (χ4n) is 2.61. The molecule has 0 amide bonds. The molecule has 0 saturated heterocycles. The molecule has 3 N–H and O–H groups in total. The van der Waals surface area contributed by atoms with Crippen LogP contribution < -0.4 is 10.5 Å². The van der Waals surface area contributed by atoms with Gasteiger partial charge in [0.25, 0.3) is 5.69 Å². The average Bonchev–Trinajstić information content (AvgIpc) is 2.48. The second-order valence-corrected chi connectivity index (χ2v) is 7.35. The Balaban J connectivity index is 0.00000312. The Morgan fingerprint density at radius 2 is 1.76 bits per heavy atom. The highest BCUT2D eigenvalue weighted by atomic mass is 35.5. The highest BCUT2D eigenvalue weighted by Crippen LogP contribution is 2.36. The maximum Gasteiger partial charge on any atom is 0.417 e. The van der Waals surface area contributed by atoms with Crippen LogP contribution in [0.15, 0.2) is 23.1 Å². The van der Waals surface area contributed by atoms with Crippen LogP contribution in [-0.2, 0) is 16.2 Å². The summed E-state index contributed by atoms with van der Waals surface area (Å²) in [6, 6.07) is 1.02. The van der Waals surface area contributed by atoms with Gasteiger partial charge >= 0.3 is 6.18 Å². The number of sulfonamides is 1. The van der Waals surface area contributed by atoms with E-state index < -0.39 is 43.3 Å². The SMILES string of the molecule is Cl.NC1CCC(NS(=O)(=O)c2ccc([N+](=O)[O-])cc2C(F)(F)F)CC1. The van der Waals surface area contributed by atoms with Gasteiger partial charge in [0.2, 0.25) is 10.0 Å². The van der Waals surface area contributed by atoms with E-state index in [2.05, 4.69) is 4.72 Å². The van der Waals surface area contributed by atoms with Gasteiger partial charge < -0.3 is 5.73 Å². The number of alkyl halides is 3. The highest BCUT2D eigenvalue weighted by molar-refractivity contribution is 7.89. The number of benzene rings is 1. The van der Waals surface area contributed by atoms with E-state index in [1.807, 2.05) is 0 Å². The van der Waals surface area contributed by atoms with Crippen molar-refractivity contribution in [3.8, 4) is 0 Å². The molecule has 1 aliphatic carbocycles. The number of halogens is 4. The Hall–Kier alpha value is -1.43. The van der Waals surface area contributed by atoms with Crippen LogP contribution in [0.2, 0.25) is 0 Å². The van der Waals surface area contributed by atoms with Crippen molar-refractivity contribution >= 4 is 28.1 Å². The van der Waals surface area contributed by atoms with Gasteiger partial charge in [0.1, 0.15) is 0 Å². The first-order valence-corrected chi connectivity index (χ1v) is 8.62. The molecule has 7 nitrogen and oxygen atoms in total. The molecule has 0 atom stereocenters. The quantitative estimate of drug-likeness (QED) is 0.592. The number of hydrogen-bond acceptors (Lipinski definition) is 5. The van der Waals surface area contributed by atoms with E-state index in [1.165, 1.54) is 0 Å². The molecule has 0 aromatic heterocycles. The summed E-state index contributed by atoms with van der Waals surface area (Å²) in [5, 5.41) is 10.7.